The van der Waals surface area contributed by atoms with Crippen LogP contribution in [0.2, 0.25) is 19.6 Å². The van der Waals surface area contributed by atoms with Crippen molar-refractivity contribution in [3.8, 4) is 0 Å². The number of hydrogen-bond acceptors (Lipinski definition) is 1. The lowest BCUT2D eigenvalue weighted by Crippen LogP contribution is -2.47. The first kappa shape index (κ1) is 11.5. The van der Waals surface area contributed by atoms with Crippen LogP contribution in [0.15, 0.2) is 30.3 Å². The molecule has 0 aromatic heterocycles. The second-order valence-corrected chi connectivity index (χ2v) is 9.77. The van der Waals surface area contributed by atoms with Gasteiger partial charge in [-0.15, -0.1) is 0 Å². The molecule has 0 radical (unpaired) electrons. The van der Waals surface area contributed by atoms with Gasteiger partial charge in [0.05, 0.1) is 0 Å². The number of rotatable bonds is 4. The predicted octanol–water partition coefficient (Wildman–Crippen LogP) is 3.04. The van der Waals surface area contributed by atoms with Crippen LogP contribution in [0, 0.1) is 0 Å². The van der Waals surface area contributed by atoms with Gasteiger partial charge < -0.3 is 4.98 Å². The third kappa shape index (κ3) is 4.58. The Morgan fingerprint density at radius 1 is 1.14 bits per heavy atom. The molecule has 1 nitrogen and oxygen atoms in total. The normalized spacial score (nSPS) is 14.0. The Morgan fingerprint density at radius 3 is 2.21 bits per heavy atom. The Balaban J connectivity index is 2.46. The highest BCUT2D eigenvalue weighted by molar-refractivity contribution is 6.73. The first-order valence-corrected chi connectivity index (χ1v) is 8.79. The molecule has 1 unspecified atom stereocenters. The van der Waals surface area contributed by atoms with Gasteiger partial charge in [-0.3, -0.25) is 0 Å². The van der Waals surface area contributed by atoms with Gasteiger partial charge in [-0.25, -0.2) is 0 Å². The van der Waals surface area contributed by atoms with E-state index in [2.05, 4.69) is 61.9 Å². The van der Waals surface area contributed by atoms with Crippen molar-refractivity contribution in [2.75, 3.05) is 0 Å². The predicted molar refractivity (Wildman–Crippen MR) is 66.1 cm³/mol. The molecule has 78 valence electrons. The lowest BCUT2D eigenvalue weighted by Gasteiger charge is -2.24. The monoisotopic (exact) mass is 207 g/mol. The molecule has 0 heterocycles. The summed E-state index contributed by atoms with van der Waals surface area (Å²) >= 11 is 0. The van der Waals surface area contributed by atoms with Crippen molar-refractivity contribution >= 4 is 8.24 Å². The Morgan fingerprint density at radius 2 is 1.71 bits per heavy atom. The zero-order valence-corrected chi connectivity index (χ0v) is 10.7. The summed E-state index contributed by atoms with van der Waals surface area (Å²) in [6.45, 7) is 9.29. The van der Waals surface area contributed by atoms with E-state index in [1.54, 1.807) is 0 Å². The SMILES string of the molecule is CC(Cc1ccccc1)N[Si](C)(C)C. The van der Waals surface area contributed by atoms with E-state index in [0.717, 1.165) is 6.42 Å². The number of benzene rings is 1. The molecule has 0 fully saturated rings. The summed E-state index contributed by atoms with van der Waals surface area (Å²) in [6.07, 6.45) is 1.13. The number of hydrogen-bond donors (Lipinski definition) is 1. The van der Waals surface area contributed by atoms with Gasteiger partial charge >= 0.3 is 0 Å². The van der Waals surface area contributed by atoms with Crippen LogP contribution in [0.3, 0.4) is 0 Å². The zero-order valence-electron chi connectivity index (χ0n) is 9.67. The molecule has 0 amide bonds. The minimum absolute atomic E-state index is 0.587. The van der Waals surface area contributed by atoms with Gasteiger partial charge in [0.1, 0.15) is 8.24 Å². The summed E-state index contributed by atoms with van der Waals surface area (Å²) in [6, 6.07) is 11.3. The van der Waals surface area contributed by atoms with Crippen molar-refractivity contribution in [2.45, 2.75) is 39.0 Å². The number of nitrogens with one attached hydrogen (secondary N) is 1. The van der Waals surface area contributed by atoms with Gasteiger partial charge in [0.2, 0.25) is 0 Å². The zero-order chi connectivity index (χ0) is 10.6. The van der Waals surface area contributed by atoms with Crippen molar-refractivity contribution in [1.29, 1.82) is 0 Å². The van der Waals surface area contributed by atoms with Gasteiger partial charge in [0.25, 0.3) is 0 Å². The Hall–Kier alpha value is -0.603. The standard InChI is InChI=1S/C12H21NSi/c1-11(13-14(2,3)4)10-12-8-6-5-7-9-12/h5-9,11,13H,10H2,1-4H3. The fourth-order valence-electron chi connectivity index (χ4n) is 1.76. The van der Waals surface area contributed by atoms with E-state index < -0.39 is 8.24 Å². The fourth-order valence-corrected chi connectivity index (χ4v) is 3.34. The van der Waals surface area contributed by atoms with Crippen molar-refractivity contribution in [3.05, 3.63) is 35.9 Å². The van der Waals surface area contributed by atoms with E-state index in [1.807, 2.05) is 0 Å². The van der Waals surface area contributed by atoms with E-state index in [9.17, 15) is 0 Å². The third-order valence-corrected chi connectivity index (χ3v) is 3.42. The smallest absolute Gasteiger partial charge is 0.116 e. The van der Waals surface area contributed by atoms with Gasteiger partial charge in [0.15, 0.2) is 0 Å². The third-order valence-electron chi connectivity index (χ3n) is 2.06. The largest absolute Gasteiger partial charge is 0.335 e. The summed E-state index contributed by atoms with van der Waals surface area (Å²) in [7, 11) is -1.12. The van der Waals surface area contributed by atoms with Crippen LogP contribution in [0.5, 0.6) is 0 Å². The van der Waals surface area contributed by atoms with Crippen molar-refractivity contribution < 1.29 is 0 Å². The van der Waals surface area contributed by atoms with Crippen molar-refractivity contribution in [2.24, 2.45) is 0 Å². The maximum atomic E-state index is 3.71. The highest BCUT2D eigenvalue weighted by atomic mass is 28.3. The minimum Gasteiger partial charge on any atom is -0.335 e. The molecule has 0 saturated carbocycles. The van der Waals surface area contributed by atoms with Gasteiger partial charge in [-0.2, -0.15) is 0 Å². The molecule has 0 aliphatic carbocycles. The summed E-state index contributed by atoms with van der Waals surface area (Å²) in [5, 5.41) is 0. The average molecular weight is 207 g/mol. The van der Waals surface area contributed by atoms with E-state index in [0.29, 0.717) is 6.04 Å². The summed E-state index contributed by atoms with van der Waals surface area (Å²) < 4.78 is 0. The van der Waals surface area contributed by atoms with Crippen LogP contribution in [0.4, 0.5) is 0 Å². The van der Waals surface area contributed by atoms with Gasteiger partial charge in [-0.1, -0.05) is 56.9 Å². The summed E-state index contributed by atoms with van der Waals surface area (Å²) in [5.74, 6) is 0. The van der Waals surface area contributed by atoms with Crippen LogP contribution in [-0.2, 0) is 6.42 Å². The quantitative estimate of drug-likeness (QED) is 0.748. The molecule has 1 rings (SSSR count). The van der Waals surface area contributed by atoms with Crippen LogP contribution in [0.1, 0.15) is 12.5 Å². The van der Waals surface area contributed by atoms with Gasteiger partial charge in [0, 0.05) is 6.04 Å². The lowest BCUT2D eigenvalue weighted by atomic mass is 10.1. The Labute approximate surface area is 88.6 Å². The molecule has 14 heavy (non-hydrogen) atoms. The maximum absolute atomic E-state index is 3.71. The van der Waals surface area contributed by atoms with Crippen LogP contribution >= 0.6 is 0 Å². The molecule has 1 atom stereocenters. The molecule has 0 spiro atoms. The molecule has 2 heteroatoms. The minimum atomic E-state index is -1.12. The topological polar surface area (TPSA) is 12.0 Å². The second-order valence-electron chi connectivity index (χ2n) is 4.99. The lowest BCUT2D eigenvalue weighted by molar-refractivity contribution is 0.662. The molecule has 0 aliphatic rings. The Kier molecular flexibility index (Phi) is 3.90. The van der Waals surface area contributed by atoms with Crippen LogP contribution in [0.25, 0.3) is 0 Å². The highest BCUT2D eigenvalue weighted by Crippen LogP contribution is 2.05. The van der Waals surface area contributed by atoms with Crippen LogP contribution < -0.4 is 4.98 Å². The highest BCUT2D eigenvalue weighted by Gasteiger charge is 2.15. The molecular formula is C12H21NSi. The van der Waals surface area contributed by atoms with Gasteiger partial charge in [-0.05, 0) is 12.0 Å². The molecule has 0 saturated heterocycles. The maximum Gasteiger partial charge on any atom is 0.116 e. The molecule has 1 aromatic rings. The van der Waals surface area contributed by atoms with Crippen molar-refractivity contribution in [1.82, 2.24) is 4.98 Å². The second kappa shape index (κ2) is 4.76. The van der Waals surface area contributed by atoms with Crippen LogP contribution in [-0.4, -0.2) is 14.3 Å². The molecule has 1 aromatic carbocycles. The molecular weight excluding hydrogens is 186 g/mol. The molecule has 0 aliphatic heterocycles. The summed E-state index contributed by atoms with van der Waals surface area (Å²) in [4.78, 5) is 3.71. The van der Waals surface area contributed by atoms with E-state index in [1.165, 1.54) is 5.56 Å². The van der Waals surface area contributed by atoms with E-state index in [-0.39, 0.29) is 0 Å². The average Bonchev–Trinajstić information content (AvgIpc) is 2.02. The van der Waals surface area contributed by atoms with Crippen molar-refractivity contribution in [3.63, 3.8) is 0 Å². The fraction of sp³-hybridized carbons (Fsp3) is 0.500. The molecule has 1 N–H and O–H groups in total. The van der Waals surface area contributed by atoms with E-state index >= 15 is 0 Å². The first-order chi connectivity index (χ1) is 6.47. The molecule has 0 bridgehead atoms. The van der Waals surface area contributed by atoms with E-state index in [4.69, 9.17) is 0 Å². The first-order valence-electron chi connectivity index (χ1n) is 5.29. The summed E-state index contributed by atoms with van der Waals surface area (Å²) in [5.41, 5.74) is 1.42. The Bertz CT molecular complexity index is 263.